The molecule has 4 rings (SSSR count). The Morgan fingerprint density at radius 3 is 2.31 bits per heavy atom. The number of carbonyl (C=O) groups excluding carboxylic acids is 2. The molecule has 0 aliphatic heterocycles. The number of benzene rings is 3. The van der Waals surface area contributed by atoms with Gasteiger partial charge in [-0.15, -0.1) is 11.3 Å². The van der Waals surface area contributed by atoms with Gasteiger partial charge in [-0.25, -0.2) is 22.9 Å². The van der Waals surface area contributed by atoms with Crippen molar-refractivity contribution >= 4 is 38.4 Å². The number of amides is 1. The molecule has 1 amide bonds. The Kier molecular flexibility index (Phi) is 7.35. The Morgan fingerprint density at radius 1 is 0.914 bits per heavy atom. The molecule has 0 bridgehead atoms. The number of nitrogens with zero attached hydrogens (tertiary/aromatic N) is 1. The molecule has 35 heavy (non-hydrogen) atoms. The lowest BCUT2D eigenvalue weighted by Gasteiger charge is -2.07. The van der Waals surface area contributed by atoms with Crippen molar-refractivity contribution in [1.29, 1.82) is 0 Å². The van der Waals surface area contributed by atoms with E-state index in [1.165, 1.54) is 42.6 Å². The minimum atomic E-state index is -3.71. The van der Waals surface area contributed by atoms with Crippen molar-refractivity contribution in [2.75, 3.05) is 19.0 Å². The van der Waals surface area contributed by atoms with E-state index in [0.29, 0.717) is 10.8 Å². The number of nitrogens with one attached hydrogen (secondary N) is 2. The topological polar surface area (TPSA) is 114 Å². The van der Waals surface area contributed by atoms with Crippen LogP contribution in [0.15, 0.2) is 89.1 Å². The van der Waals surface area contributed by atoms with Crippen LogP contribution in [0.25, 0.3) is 22.4 Å². The molecule has 0 saturated carbocycles. The lowest BCUT2D eigenvalue weighted by Crippen LogP contribution is -2.21. The molecule has 0 aliphatic rings. The van der Waals surface area contributed by atoms with Crippen molar-refractivity contribution in [3.05, 3.63) is 89.8 Å². The van der Waals surface area contributed by atoms with E-state index in [2.05, 4.69) is 15.0 Å². The summed E-state index contributed by atoms with van der Waals surface area (Å²) < 4.78 is 31.0. The standard InChI is InChI=1S/C25H21N3O5S2/c1-26-35(31,32)21-9-5-8-20(14-21)24(30)33-15-23(29)28-25-27-22(16-34-25)19-12-10-18(11-13-19)17-6-3-2-4-7-17/h2-14,16,26H,15H2,1H3,(H,27,28,29). The number of rotatable bonds is 8. The first kappa shape index (κ1) is 24.3. The highest BCUT2D eigenvalue weighted by Gasteiger charge is 2.16. The van der Waals surface area contributed by atoms with E-state index in [4.69, 9.17) is 4.74 Å². The van der Waals surface area contributed by atoms with Crippen molar-refractivity contribution in [2.45, 2.75) is 4.90 Å². The van der Waals surface area contributed by atoms with Crippen LogP contribution in [0.4, 0.5) is 5.13 Å². The van der Waals surface area contributed by atoms with Crippen LogP contribution >= 0.6 is 11.3 Å². The molecular weight excluding hydrogens is 486 g/mol. The molecule has 1 aromatic heterocycles. The number of carbonyl (C=O) groups is 2. The van der Waals surface area contributed by atoms with Gasteiger partial charge in [0, 0.05) is 10.9 Å². The number of esters is 1. The van der Waals surface area contributed by atoms with Crippen molar-refractivity contribution in [1.82, 2.24) is 9.71 Å². The van der Waals surface area contributed by atoms with E-state index in [0.717, 1.165) is 16.7 Å². The fourth-order valence-corrected chi connectivity index (χ4v) is 4.72. The van der Waals surface area contributed by atoms with E-state index in [9.17, 15) is 18.0 Å². The molecular formula is C25H21N3O5S2. The first-order chi connectivity index (χ1) is 16.9. The van der Waals surface area contributed by atoms with Gasteiger partial charge in [-0.1, -0.05) is 60.7 Å². The lowest BCUT2D eigenvalue weighted by molar-refractivity contribution is -0.119. The molecule has 3 aromatic carbocycles. The maximum absolute atomic E-state index is 12.3. The highest BCUT2D eigenvalue weighted by atomic mass is 32.2. The average molecular weight is 508 g/mol. The second kappa shape index (κ2) is 10.6. The van der Waals surface area contributed by atoms with Gasteiger partial charge in [0.05, 0.1) is 16.2 Å². The highest BCUT2D eigenvalue weighted by Crippen LogP contribution is 2.27. The summed E-state index contributed by atoms with van der Waals surface area (Å²) in [5, 5.41) is 4.80. The number of hydrogen-bond donors (Lipinski definition) is 2. The van der Waals surface area contributed by atoms with Gasteiger partial charge in [-0.2, -0.15) is 0 Å². The Labute approximate surface area is 206 Å². The van der Waals surface area contributed by atoms with Gasteiger partial charge in [0.2, 0.25) is 10.0 Å². The predicted molar refractivity (Wildman–Crippen MR) is 135 cm³/mol. The van der Waals surface area contributed by atoms with Crippen LogP contribution < -0.4 is 10.0 Å². The molecule has 0 aliphatic carbocycles. The normalized spacial score (nSPS) is 11.1. The summed E-state index contributed by atoms with van der Waals surface area (Å²) >= 11 is 1.25. The molecule has 1 heterocycles. The van der Waals surface area contributed by atoms with Gasteiger partial charge in [-0.3, -0.25) is 10.1 Å². The summed E-state index contributed by atoms with van der Waals surface area (Å²) in [4.78, 5) is 28.8. The van der Waals surface area contributed by atoms with E-state index in [1.807, 2.05) is 60.0 Å². The zero-order valence-corrected chi connectivity index (χ0v) is 20.2. The zero-order valence-electron chi connectivity index (χ0n) is 18.6. The fourth-order valence-electron chi connectivity index (χ4n) is 3.21. The summed E-state index contributed by atoms with van der Waals surface area (Å²) in [7, 11) is -2.44. The Morgan fingerprint density at radius 2 is 1.60 bits per heavy atom. The predicted octanol–water partition coefficient (Wildman–Crippen LogP) is 4.18. The molecule has 2 N–H and O–H groups in total. The number of thiazole rings is 1. The maximum atomic E-state index is 12.3. The van der Waals surface area contributed by atoms with E-state index >= 15 is 0 Å². The molecule has 4 aromatic rings. The number of anilines is 1. The number of sulfonamides is 1. The monoisotopic (exact) mass is 507 g/mol. The molecule has 10 heteroatoms. The van der Waals surface area contributed by atoms with Crippen LogP contribution in [-0.4, -0.2) is 38.9 Å². The smallest absolute Gasteiger partial charge is 0.338 e. The fraction of sp³-hybridized carbons (Fsp3) is 0.0800. The first-order valence-electron chi connectivity index (χ1n) is 10.5. The summed E-state index contributed by atoms with van der Waals surface area (Å²) in [6.07, 6.45) is 0. The van der Waals surface area contributed by atoms with Gasteiger partial charge >= 0.3 is 5.97 Å². The van der Waals surface area contributed by atoms with Crippen molar-refractivity contribution < 1.29 is 22.7 Å². The van der Waals surface area contributed by atoms with Crippen molar-refractivity contribution in [2.24, 2.45) is 0 Å². The second-order valence-corrected chi connectivity index (χ2v) is 10.1. The van der Waals surface area contributed by atoms with Gasteiger partial charge in [-0.05, 0) is 36.4 Å². The van der Waals surface area contributed by atoms with Gasteiger partial charge in [0.15, 0.2) is 11.7 Å². The average Bonchev–Trinajstić information content (AvgIpc) is 3.36. The lowest BCUT2D eigenvalue weighted by atomic mass is 10.0. The van der Waals surface area contributed by atoms with Crippen LogP contribution in [0, 0.1) is 0 Å². The first-order valence-corrected chi connectivity index (χ1v) is 12.8. The van der Waals surface area contributed by atoms with Crippen molar-refractivity contribution in [3.63, 3.8) is 0 Å². The molecule has 0 spiro atoms. The molecule has 0 fully saturated rings. The highest BCUT2D eigenvalue weighted by molar-refractivity contribution is 7.89. The van der Waals surface area contributed by atoms with E-state index in [-0.39, 0.29) is 10.5 Å². The van der Waals surface area contributed by atoms with Crippen LogP contribution in [0.5, 0.6) is 0 Å². The number of hydrogen-bond acceptors (Lipinski definition) is 7. The Bertz CT molecular complexity index is 1450. The third-order valence-electron chi connectivity index (χ3n) is 5.02. The second-order valence-electron chi connectivity index (χ2n) is 7.34. The minimum Gasteiger partial charge on any atom is -0.452 e. The van der Waals surface area contributed by atoms with E-state index < -0.39 is 28.5 Å². The third-order valence-corrected chi connectivity index (χ3v) is 7.19. The van der Waals surface area contributed by atoms with Gasteiger partial charge < -0.3 is 4.74 Å². The van der Waals surface area contributed by atoms with Crippen LogP contribution in [0.1, 0.15) is 10.4 Å². The summed E-state index contributed by atoms with van der Waals surface area (Å²) in [5.41, 5.74) is 3.85. The maximum Gasteiger partial charge on any atom is 0.338 e. The summed E-state index contributed by atoms with van der Waals surface area (Å²) in [6.45, 7) is -0.539. The number of ether oxygens (including phenoxy) is 1. The number of aromatic nitrogens is 1. The molecule has 0 saturated heterocycles. The third kappa shape index (κ3) is 5.99. The quantitative estimate of drug-likeness (QED) is 0.346. The van der Waals surface area contributed by atoms with Crippen molar-refractivity contribution in [3.8, 4) is 22.4 Å². The molecule has 178 valence electrons. The van der Waals surface area contributed by atoms with Gasteiger partial charge in [0.1, 0.15) is 0 Å². The Balaban J connectivity index is 1.34. The summed E-state index contributed by atoms with van der Waals surface area (Å²) in [5.74, 6) is -1.37. The van der Waals surface area contributed by atoms with Crippen LogP contribution in [0.3, 0.4) is 0 Å². The SMILES string of the molecule is CNS(=O)(=O)c1cccc(C(=O)OCC(=O)Nc2nc(-c3ccc(-c4ccccc4)cc3)cs2)c1. The van der Waals surface area contributed by atoms with Crippen LogP contribution in [0.2, 0.25) is 0 Å². The molecule has 8 nitrogen and oxygen atoms in total. The molecule has 0 atom stereocenters. The zero-order chi connectivity index (χ0) is 24.8. The molecule has 0 unspecified atom stereocenters. The van der Waals surface area contributed by atoms with Gasteiger partial charge in [0.25, 0.3) is 5.91 Å². The largest absolute Gasteiger partial charge is 0.452 e. The van der Waals surface area contributed by atoms with Crippen LogP contribution in [-0.2, 0) is 19.6 Å². The minimum absolute atomic E-state index is 0.0182. The Hall–Kier alpha value is -3.86. The van der Waals surface area contributed by atoms with E-state index in [1.54, 1.807) is 0 Å². The summed E-state index contributed by atoms with van der Waals surface area (Å²) in [6, 6.07) is 23.3. The molecule has 0 radical (unpaired) electrons.